The number of hydrogen-bond donors (Lipinski definition) is 1. The molecule has 0 aliphatic rings. The second-order valence-electron chi connectivity index (χ2n) is 4.40. The van der Waals surface area contributed by atoms with Crippen molar-refractivity contribution in [2.75, 3.05) is 26.8 Å². The lowest BCUT2D eigenvalue weighted by atomic mass is 10.1. The summed E-state index contributed by atoms with van der Waals surface area (Å²) in [7, 11) is 1.65. The predicted molar refractivity (Wildman–Crippen MR) is 88.7 cm³/mol. The lowest BCUT2D eigenvalue weighted by Crippen LogP contribution is -2.15. The maximum atomic E-state index is 5.65. The van der Waals surface area contributed by atoms with Crippen LogP contribution in [0.5, 0.6) is 11.5 Å². The zero-order valence-corrected chi connectivity index (χ0v) is 14.3. The highest BCUT2D eigenvalue weighted by atomic mass is 79.9. The van der Waals surface area contributed by atoms with Crippen LogP contribution in [-0.2, 0) is 0 Å². The van der Waals surface area contributed by atoms with Gasteiger partial charge in [-0.25, -0.2) is 0 Å². The van der Waals surface area contributed by atoms with Crippen LogP contribution in [0, 0.1) is 0 Å². The summed E-state index contributed by atoms with van der Waals surface area (Å²) in [5.74, 6) is 1.52. The number of likely N-dealkylation sites (N-methyl/N-ethyl adjacent to an activating group) is 1. The minimum atomic E-state index is 0.619. The standard InChI is InChI=1S/C16H24BrNO2/c1-5-12(11-18-6-2)8-13-9-14(17)16(19-4)15(10-13)20-7-3/h8-10,18H,5-7,11H2,1-4H3. The van der Waals surface area contributed by atoms with Gasteiger partial charge in [0.15, 0.2) is 11.5 Å². The monoisotopic (exact) mass is 341 g/mol. The second kappa shape index (κ2) is 9.03. The van der Waals surface area contributed by atoms with Crippen molar-refractivity contribution >= 4 is 22.0 Å². The van der Waals surface area contributed by atoms with Crippen LogP contribution in [0.2, 0.25) is 0 Å². The topological polar surface area (TPSA) is 30.5 Å². The van der Waals surface area contributed by atoms with Crippen molar-refractivity contribution in [3.63, 3.8) is 0 Å². The number of hydrogen-bond acceptors (Lipinski definition) is 3. The average molecular weight is 342 g/mol. The second-order valence-corrected chi connectivity index (χ2v) is 5.26. The molecule has 1 aromatic carbocycles. The molecule has 0 heterocycles. The highest BCUT2D eigenvalue weighted by molar-refractivity contribution is 9.10. The minimum Gasteiger partial charge on any atom is -0.492 e. The van der Waals surface area contributed by atoms with Crippen LogP contribution < -0.4 is 14.8 Å². The van der Waals surface area contributed by atoms with Gasteiger partial charge in [0, 0.05) is 6.54 Å². The Morgan fingerprint density at radius 3 is 2.60 bits per heavy atom. The molecule has 0 atom stereocenters. The molecule has 112 valence electrons. The van der Waals surface area contributed by atoms with Gasteiger partial charge in [0.1, 0.15) is 0 Å². The van der Waals surface area contributed by atoms with Crippen molar-refractivity contribution in [3.05, 3.63) is 27.7 Å². The van der Waals surface area contributed by atoms with Gasteiger partial charge in [0.05, 0.1) is 18.2 Å². The summed E-state index contributed by atoms with van der Waals surface area (Å²) < 4.78 is 11.9. The molecule has 0 fully saturated rings. The van der Waals surface area contributed by atoms with E-state index in [1.807, 2.05) is 13.0 Å². The summed E-state index contributed by atoms with van der Waals surface area (Å²) in [5, 5.41) is 3.36. The Hall–Kier alpha value is -1.00. The van der Waals surface area contributed by atoms with E-state index >= 15 is 0 Å². The Balaban J connectivity index is 3.08. The van der Waals surface area contributed by atoms with Crippen molar-refractivity contribution < 1.29 is 9.47 Å². The number of benzene rings is 1. The third kappa shape index (κ3) is 4.84. The fourth-order valence-corrected chi connectivity index (χ4v) is 2.55. The highest BCUT2D eigenvalue weighted by Gasteiger charge is 2.10. The van der Waals surface area contributed by atoms with Crippen LogP contribution >= 0.6 is 15.9 Å². The van der Waals surface area contributed by atoms with E-state index in [1.54, 1.807) is 7.11 Å². The number of halogens is 1. The van der Waals surface area contributed by atoms with E-state index < -0.39 is 0 Å². The van der Waals surface area contributed by atoms with Crippen LogP contribution in [0.1, 0.15) is 32.8 Å². The van der Waals surface area contributed by atoms with Crippen LogP contribution in [-0.4, -0.2) is 26.8 Å². The first-order valence-corrected chi connectivity index (χ1v) is 7.85. The first-order chi connectivity index (χ1) is 9.65. The van der Waals surface area contributed by atoms with Crippen LogP contribution in [0.3, 0.4) is 0 Å². The van der Waals surface area contributed by atoms with Crippen molar-refractivity contribution in [1.29, 1.82) is 0 Å². The van der Waals surface area contributed by atoms with Crippen LogP contribution in [0.25, 0.3) is 6.08 Å². The summed E-state index contributed by atoms with van der Waals surface area (Å²) in [6.45, 7) is 8.77. The molecule has 20 heavy (non-hydrogen) atoms. The van der Waals surface area contributed by atoms with E-state index in [-0.39, 0.29) is 0 Å². The SMILES string of the molecule is CCNCC(=Cc1cc(Br)c(OC)c(OCC)c1)CC. The lowest BCUT2D eigenvalue weighted by molar-refractivity contribution is 0.310. The molecule has 1 N–H and O–H groups in total. The van der Waals surface area contributed by atoms with E-state index in [0.717, 1.165) is 41.0 Å². The summed E-state index contributed by atoms with van der Waals surface area (Å²) in [4.78, 5) is 0. The number of methoxy groups -OCH3 is 1. The Morgan fingerprint density at radius 1 is 1.30 bits per heavy atom. The van der Waals surface area contributed by atoms with Crippen LogP contribution in [0.15, 0.2) is 22.2 Å². The molecule has 4 heteroatoms. The summed E-state index contributed by atoms with van der Waals surface area (Å²) in [5.41, 5.74) is 2.49. The van der Waals surface area contributed by atoms with Gasteiger partial charge >= 0.3 is 0 Å². The number of nitrogens with one attached hydrogen (secondary N) is 1. The van der Waals surface area contributed by atoms with Gasteiger partial charge in [-0.15, -0.1) is 0 Å². The summed E-state index contributed by atoms with van der Waals surface area (Å²) in [6.07, 6.45) is 3.23. The molecule has 0 unspecified atom stereocenters. The molecule has 3 nitrogen and oxygen atoms in total. The molecule has 0 spiro atoms. The molecule has 0 bridgehead atoms. The molecule has 0 saturated carbocycles. The van der Waals surface area contributed by atoms with Gasteiger partial charge in [0.25, 0.3) is 0 Å². The fourth-order valence-electron chi connectivity index (χ4n) is 1.93. The van der Waals surface area contributed by atoms with Crippen molar-refractivity contribution in [3.8, 4) is 11.5 Å². The van der Waals surface area contributed by atoms with Gasteiger partial charge in [0.2, 0.25) is 0 Å². The molecule has 0 aliphatic carbocycles. The lowest BCUT2D eigenvalue weighted by Gasteiger charge is -2.13. The molecule has 1 rings (SSSR count). The van der Waals surface area contributed by atoms with Crippen molar-refractivity contribution in [2.24, 2.45) is 0 Å². The predicted octanol–water partition coefficient (Wildman–Crippen LogP) is 4.26. The van der Waals surface area contributed by atoms with E-state index in [9.17, 15) is 0 Å². The molecule has 0 radical (unpaired) electrons. The van der Waals surface area contributed by atoms with Crippen molar-refractivity contribution in [1.82, 2.24) is 5.32 Å². The third-order valence-electron chi connectivity index (χ3n) is 2.96. The first-order valence-electron chi connectivity index (χ1n) is 7.06. The average Bonchev–Trinajstić information content (AvgIpc) is 2.43. The maximum absolute atomic E-state index is 5.65. The number of rotatable bonds is 8. The van der Waals surface area contributed by atoms with E-state index in [2.05, 4.69) is 47.2 Å². The quantitative estimate of drug-likeness (QED) is 0.766. The van der Waals surface area contributed by atoms with E-state index in [0.29, 0.717) is 6.61 Å². The van der Waals surface area contributed by atoms with Crippen LogP contribution in [0.4, 0.5) is 0 Å². The van der Waals surface area contributed by atoms with Crippen molar-refractivity contribution in [2.45, 2.75) is 27.2 Å². The Morgan fingerprint density at radius 2 is 2.05 bits per heavy atom. The molecule has 0 aromatic heterocycles. The summed E-state index contributed by atoms with van der Waals surface area (Å²) >= 11 is 3.54. The highest BCUT2D eigenvalue weighted by Crippen LogP contribution is 2.37. The third-order valence-corrected chi connectivity index (χ3v) is 3.55. The first kappa shape index (κ1) is 17.1. The van der Waals surface area contributed by atoms with Gasteiger partial charge in [-0.1, -0.05) is 25.5 Å². The largest absolute Gasteiger partial charge is 0.492 e. The Bertz CT molecular complexity index is 458. The molecule has 1 aromatic rings. The zero-order valence-electron chi connectivity index (χ0n) is 12.8. The van der Waals surface area contributed by atoms with E-state index in [1.165, 1.54) is 5.57 Å². The number of ether oxygens (including phenoxy) is 2. The van der Waals surface area contributed by atoms with Gasteiger partial charge < -0.3 is 14.8 Å². The minimum absolute atomic E-state index is 0.619. The summed E-state index contributed by atoms with van der Waals surface area (Å²) in [6, 6.07) is 4.08. The van der Waals surface area contributed by atoms with Gasteiger partial charge in [-0.3, -0.25) is 0 Å². The molecule has 0 amide bonds. The van der Waals surface area contributed by atoms with Gasteiger partial charge in [-0.05, 0) is 53.5 Å². The fraction of sp³-hybridized carbons (Fsp3) is 0.500. The molecule has 0 saturated heterocycles. The normalized spacial score (nSPS) is 11.6. The molecule has 0 aliphatic heterocycles. The zero-order chi connectivity index (χ0) is 15.0. The van der Waals surface area contributed by atoms with Gasteiger partial charge in [-0.2, -0.15) is 0 Å². The Labute approximate surface area is 130 Å². The molecular formula is C16H24BrNO2. The Kier molecular flexibility index (Phi) is 7.70. The maximum Gasteiger partial charge on any atom is 0.174 e. The van der Waals surface area contributed by atoms with E-state index in [4.69, 9.17) is 9.47 Å². The smallest absolute Gasteiger partial charge is 0.174 e. The molecular weight excluding hydrogens is 318 g/mol.